The summed E-state index contributed by atoms with van der Waals surface area (Å²) in [5.41, 5.74) is 7.60. The van der Waals surface area contributed by atoms with E-state index in [-0.39, 0.29) is 55.6 Å². The Kier molecular flexibility index (Phi) is 5.93. The second-order valence-electron chi connectivity index (χ2n) is 8.45. The van der Waals surface area contributed by atoms with Gasteiger partial charge in [-0.25, -0.2) is 4.79 Å². The first-order valence-electron chi connectivity index (χ1n) is 11.2. The average molecular weight is 486 g/mol. The van der Waals surface area contributed by atoms with E-state index in [1.807, 2.05) is 6.07 Å². The number of carbonyl (C=O) groups excluding carboxylic acids is 2. The highest BCUT2D eigenvalue weighted by atomic mass is 16.7. The molecule has 11 nitrogen and oxygen atoms in total. The Bertz CT molecular complexity index is 1140. The number of methoxy groups -OCH3 is 2. The number of hydrogen-bond acceptors (Lipinski definition) is 10. The molecular weight excluding hydrogens is 460 g/mol. The van der Waals surface area contributed by atoms with Gasteiger partial charge in [0.2, 0.25) is 12.5 Å². The largest absolute Gasteiger partial charge is 0.502 e. The van der Waals surface area contributed by atoms with Crippen LogP contribution in [0.5, 0.6) is 28.7 Å². The molecule has 1 fully saturated rings. The number of hydrogen-bond donors (Lipinski definition) is 3. The minimum atomic E-state index is -0.908. The number of fused-ring (bicyclic) bond motifs is 3. The molecule has 0 spiro atoms. The lowest BCUT2D eigenvalue weighted by Gasteiger charge is -2.38. The third kappa shape index (κ3) is 3.81. The number of nitrogens with two attached hydrogens (primary N) is 1. The second-order valence-corrected chi connectivity index (χ2v) is 8.45. The highest BCUT2D eigenvalue weighted by Crippen LogP contribution is 2.56. The van der Waals surface area contributed by atoms with Gasteiger partial charge in [-0.2, -0.15) is 0 Å². The van der Waals surface area contributed by atoms with Crippen LogP contribution < -0.4 is 30.0 Å². The molecule has 0 radical (unpaired) electrons. The molecule has 11 heteroatoms. The topological polar surface area (TPSA) is 148 Å². The number of benzene rings is 2. The zero-order valence-electron chi connectivity index (χ0n) is 19.2. The molecule has 2 heterocycles. The van der Waals surface area contributed by atoms with Crippen molar-refractivity contribution in [3.05, 3.63) is 41.0 Å². The Labute approximate surface area is 201 Å². The maximum Gasteiger partial charge on any atom is 0.407 e. The van der Waals surface area contributed by atoms with Gasteiger partial charge in [-0.05, 0) is 35.4 Å². The Balaban J connectivity index is 1.67. The van der Waals surface area contributed by atoms with Crippen LogP contribution in [0.15, 0.2) is 24.3 Å². The molecule has 1 saturated heterocycles. The van der Waals surface area contributed by atoms with Crippen LogP contribution in [0.2, 0.25) is 0 Å². The number of cyclic esters (lactones) is 1. The number of aromatic hydroxyl groups is 1. The van der Waals surface area contributed by atoms with Gasteiger partial charge in [-0.15, -0.1) is 0 Å². The molecule has 35 heavy (non-hydrogen) atoms. The lowest BCUT2D eigenvalue weighted by atomic mass is 9.66. The molecule has 0 aromatic heterocycles. The predicted molar refractivity (Wildman–Crippen MR) is 120 cm³/mol. The van der Waals surface area contributed by atoms with Crippen LogP contribution >= 0.6 is 0 Å². The molecular formula is C24H26N2O9. The number of amides is 1. The number of nitrogens with one attached hydrogen (secondary N) is 1. The summed E-state index contributed by atoms with van der Waals surface area (Å²) in [5, 5.41) is 13.0. The maximum atomic E-state index is 12.9. The lowest BCUT2D eigenvalue weighted by molar-refractivity contribution is -0.144. The van der Waals surface area contributed by atoms with Crippen molar-refractivity contribution in [3.8, 4) is 28.7 Å². The van der Waals surface area contributed by atoms with E-state index in [0.29, 0.717) is 17.1 Å². The van der Waals surface area contributed by atoms with Crippen LogP contribution in [0.25, 0.3) is 0 Å². The molecule has 186 valence electrons. The van der Waals surface area contributed by atoms with E-state index >= 15 is 0 Å². The van der Waals surface area contributed by atoms with Crippen LogP contribution in [0.3, 0.4) is 0 Å². The molecule has 1 amide bonds. The van der Waals surface area contributed by atoms with E-state index in [1.165, 1.54) is 14.2 Å². The molecule has 1 aliphatic carbocycles. The third-order valence-corrected chi connectivity index (χ3v) is 6.63. The van der Waals surface area contributed by atoms with Gasteiger partial charge in [0.05, 0.1) is 20.8 Å². The molecule has 2 aromatic rings. The average Bonchev–Trinajstić information content (AvgIpc) is 3.48. The summed E-state index contributed by atoms with van der Waals surface area (Å²) >= 11 is 0. The van der Waals surface area contributed by atoms with E-state index in [0.717, 1.165) is 11.1 Å². The standard InChI is InChI=1S/C24H26N2O9/c1-30-17-5-11(6-18(31-2)21(17)27)19-12-7-15-16(34-10-33-15)8-13(12)22(35-24(29)26-4-3-25)20-14(19)9-32-23(20)28/h5-8,14,19-20,22,27H,3-4,9-10,25H2,1-2H3,(H,26,29)/t14-,19-,20+,22-/m1/s1. The van der Waals surface area contributed by atoms with E-state index < -0.39 is 24.1 Å². The van der Waals surface area contributed by atoms with Crippen molar-refractivity contribution in [2.45, 2.75) is 12.0 Å². The van der Waals surface area contributed by atoms with Gasteiger partial charge in [0.15, 0.2) is 23.0 Å². The summed E-state index contributed by atoms with van der Waals surface area (Å²) in [6.45, 7) is 0.655. The van der Waals surface area contributed by atoms with Gasteiger partial charge in [-0.1, -0.05) is 0 Å². The third-order valence-electron chi connectivity index (χ3n) is 6.63. The monoisotopic (exact) mass is 486 g/mol. The minimum absolute atomic E-state index is 0.0567. The molecule has 0 unspecified atom stereocenters. The highest BCUT2D eigenvalue weighted by molar-refractivity contribution is 5.79. The van der Waals surface area contributed by atoms with E-state index in [1.54, 1.807) is 18.2 Å². The van der Waals surface area contributed by atoms with Gasteiger partial charge in [0, 0.05) is 30.5 Å². The van der Waals surface area contributed by atoms with E-state index in [9.17, 15) is 14.7 Å². The number of phenols is 1. The van der Waals surface area contributed by atoms with Crippen molar-refractivity contribution in [1.29, 1.82) is 0 Å². The first-order chi connectivity index (χ1) is 17.0. The van der Waals surface area contributed by atoms with Gasteiger partial charge in [0.1, 0.15) is 12.0 Å². The molecule has 4 atom stereocenters. The number of phenolic OH excluding ortho intramolecular Hbond substituents is 1. The van der Waals surface area contributed by atoms with Crippen LogP contribution in [0, 0.1) is 11.8 Å². The Morgan fingerprint density at radius 2 is 1.74 bits per heavy atom. The normalized spacial score (nSPS) is 23.7. The maximum absolute atomic E-state index is 12.9. The van der Waals surface area contributed by atoms with E-state index in [4.69, 9.17) is 34.2 Å². The fourth-order valence-corrected chi connectivity index (χ4v) is 5.11. The molecule has 0 bridgehead atoms. The van der Waals surface area contributed by atoms with Crippen LogP contribution in [0.1, 0.15) is 28.7 Å². The van der Waals surface area contributed by atoms with Crippen molar-refractivity contribution in [3.63, 3.8) is 0 Å². The SMILES string of the molecule is COc1cc([C@@H]2c3cc4c(cc3[C@@H](OC(=O)NCCN)[C@H]3C(=O)OC[C@H]23)OCO4)cc(OC)c1O. The Morgan fingerprint density at radius 3 is 2.37 bits per heavy atom. The van der Waals surface area contributed by atoms with Crippen molar-refractivity contribution in [2.75, 3.05) is 40.7 Å². The number of rotatable bonds is 6. The van der Waals surface area contributed by atoms with Crippen LogP contribution in [-0.4, -0.2) is 57.9 Å². The number of carbonyl (C=O) groups is 2. The number of ether oxygens (including phenoxy) is 6. The summed E-state index contributed by atoms with van der Waals surface area (Å²) in [5.74, 6) is -0.627. The molecule has 0 saturated carbocycles. The van der Waals surface area contributed by atoms with Gasteiger partial charge >= 0.3 is 12.1 Å². The van der Waals surface area contributed by atoms with Crippen molar-refractivity contribution in [2.24, 2.45) is 17.6 Å². The first-order valence-corrected chi connectivity index (χ1v) is 11.2. The van der Waals surface area contributed by atoms with Crippen molar-refractivity contribution < 1.29 is 43.1 Å². The molecule has 4 N–H and O–H groups in total. The zero-order valence-corrected chi connectivity index (χ0v) is 19.2. The molecule has 3 aliphatic rings. The summed E-state index contributed by atoms with van der Waals surface area (Å²) < 4.78 is 33.1. The summed E-state index contributed by atoms with van der Waals surface area (Å²) in [7, 11) is 2.89. The Hall–Kier alpha value is -3.86. The number of alkyl carbamates (subject to hydrolysis) is 1. The second kappa shape index (κ2) is 9.06. The Morgan fingerprint density at radius 1 is 1.09 bits per heavy atom. The van der Waals surface area contributed by atoms with Crippen LogP contribution in [-0.2, 0) is 14.3 Å². The number of esters is 1. The fraction of sp³-hybridized carbons (Fsp3) is 0.417. The van der Waals surface area contributed by atoms with Crippen molar-refractivity contribution >= 4 is 12.1 Å². The quantitative estimate of drug-likeness (QED) is 0.516. The fourth-order valence-electron chi connectivity index (χ4n) is 5.11. The first kappa shape index (κ1) is 22.9. The smallest absolute Gasteiger partial charge is 0.407 e. The summed E-state index contributed by atoms with van der Waals surface area (Å²) in [6.07, 6.45) is -1.59. The molecule has 2 aliphatic heterocycles. The van der Waals surface area contributed by atoms with Crippen molar-refractivity contribution in [1.82, 2.24) is 5.32 Å². The summed E-state index contributed by atoms with van der Waals surface area (Å²) in [4.78, 5) is 25.4. The van der Waals surface area contributed by atoms with E-state index in [2.05, 4.69) is 5.32 Å². The van der Waals surface area contributed by atoms with Gasteiger partial charge in [0.25, 0.3) is 0 Å². The zero-order chi connectivity index (χ0) is 24.7. The van der Waals surface area contributed by atoms with Crippen LogP contribution in [0.4, 0.5) is 4.79 Å². The van der Waals surface area contributed by atoms with Gasteiger partial charge in [-0.3, -0.25) is 4.79 Å². The minimum Gasteiger partial charge on any atom is -0.502 e. The summed E-state index contributed by atoms with van der Waals surface area (Å²) in [6, 6.07) is 6.97. The van der Waals surface area contributed by atoms with Gasteiger partial charge < -0.3 is 44.6 Å². The highest BCUT2D eigenvalue weighted by Gasteiger charge is 2.54. The molecule has 2 aromatic carbocycles. The molecule has 5 rings (SSSR count). The predicted octanol–water partition coefficient (Wildman–Crippen LogP) is 1.80. The lowest BCUT2D eigenvalue weighted by Crippen LogP contribution is -2.39.